The molecule has 0 spiro atoms. The van der Waals surface area contributed by atoms with Crippen LogP contribution in [0.25, 0.3) is 32.8 Å². The SMILES string of the molecule is CB(F)c1ccc(-c2cnc3c(ccc4ccccc43)c2)cc1. The maximum Gasteiger partial charge on any atom is 0.377 e. The molecular weight excluding hydrogens is 284 g/mol. The van der Waals surface area contributed by atoms with Crippen LogP contribution in [0.15, 0.2) is 72.9 Å². The molecule has 0 amide bonds. The third-order valence-corrected chi connectivity index (χ3v) is 4.28. The summed E-state index contributed by atoms with van der Waals surface area (Å²) < 4.78 is 13.3. The molecule has 3 aromatic carbocycles. The van der Waals surface area contributed by atoms with Crippen LogP contribution in [0.2, 0.25) is 6.82 Å². The number of hydrogen-bond acceptors (Lipinski definition) is 1. The van der Waals surface area contributed by atoms with E-state index in [0.717, 1.165) is 27.4 Å². The molecule has 4 rings (SSSR count). The highest BCUT2D eigenvalue weighted by Gasteiger charge is 2.09. The molecule has 3 heteroatoms. The van der Waals surface area contributed by atoms with Gasteiger partial charge in [0.1, 0.15) is 0 Å². The number of halogens is 1. The van der Waals surface area contributed by atoms with Crippen molar-refractivity contribution in [1.82, 2.24) is 4.98 Å². The second-order valence-electron chi connectivity index (χ2n) is 5.82. The Hall–Kier alpha value is -2.68. The average Bonchev–Trinajstić information content (AvgIpc) is 2.61. The minimum atomic E-state index is -0.940. The molecule has 0 saturated heterocycles. The summed E-state index contributed by atoms with van der Waals surface area (Å²) >= 11 is 0. The van der Waals surface area contributed by atoms with Gasteiger partial charge in [0.2, 0.25) is 0 Å². The van der Waals surface area contributed by atoms with Crippen LogP contribution in [0.5, 0.6) is 0 Å². The minimum absolute atomic E-state index is 0.702. The van der Waals surface area contributed by atoms with E-state index >= 15 is 0 Å². The molecule has 0 bridgehead atoms. The Kier molecular flexibility index (Phi) is 3.34. The van der Waals surface area contributed by atoms with Gasteiger partial charge in [0.05, 0.1) is 5.52 Å². The lowest BCUT2D eigenvalue weighted by Gasteiger charge is -2.07. The number of fused-ring (bicyclic) bond motifs is 3. The van der Waals surface area contributed by atoms with Crippen molar-refractivity contribution in [1.29, 1.82) is 0 Å². The largest absolute Gasteiger partial charge is 0.377 e. The molecule has 0 aliphatic carbocycles. The third-order valence-electron chi connectivity index (χ3n) is 4.28. The highest BCUT2D eigenvalue weighted by Crippen LogP contribution is 2.27. The number of nitrogens with zero attached hydrogens (tertiary/aromatic N) is 1. The van der Waals surface area contributed by atoms with E-state index in [2.05, 4.69) is 35.3 Å². The van der Waals surface area contributed by atoms with Crippen LogP contribution in [0.4, 0.5) is 4.32 Å². The zero-order valence-corrected chi connectivity index (χ0v) is 12.8. The predicted octanol–water partition coefficient (Wildman–Crippen LogP) is 4.85. The van der Waals surface area contributed by atoms with Crippen molar-refractivity contribution >= 4 is 34.1 Å². The van der Waals surface area contributed by atoms with Gasteiger partial charge in [-0.2, -0.15) is 0 Å². The Morgan fingerprint density at radius 3 is 2.35 bits per heavy atom. The summed E-state index contributed by atoms with van der Waals surface area (Å²) in [6.45, 7) is 0.614. The van der Waals surface area contributed by atoms with E-state index in [-0.39, 0.29) is 0 Å². The monoisotopic (exact) mass is 299 g/mol. The number of hydrogen-bond donors (Lipinski definition) is 0. The summed E-state index contributed by atoms with van der Waals surface area (Å²) in [5.74, 6) is 0. The zero-order chi connectivity index (χ0) is 15.8. The number of pyridine rings is 1. The molecule has 0 aliphatic rings. The van der Waals surface area contributed by atoms with Crippen LogP contribution in [-0.2, 0) is 0 Å². The van der Waals surface area contributed by atoms with E-state index in [1.807, 2.05) is 42.6 Å². The molecule has 1 aromatic heterocycles. The number of aromatic nitrogens is 1. The van der Waals surface area contributed by atoms with Crippen molar-refractivity contribution in [3.63, 3.8) is 0 Å². The van der Waals surface area contributed by atoms with Crippen molar-refractivity contribution in [2.45, 2.75) is 6.82 Å². The highest BCUT2D eigenvalue weighted by molar-refractivity contribution is 6.65. The first-order valence-corrected chi connectivity index (χ1v) is 7.74. The summed E-state index contributed by atoms with van der Waals surface area (Å²) in [5.41, 5.74) is 3.82. The second kappa shape index (κ2) is 5.51. The van der Waals surface area contributed by atoms with Crippen molar-refractivity contribution < 1.29 is 4.32 Å². The molecule has 0 radical (unpaired) electrons. The highest BCUT2D eigenvalue weighted by atomic mass is 19.1. The van der Waals surface area contributed by atoms with Gasteiger partial charge < -0.3 is 4.32 Å². The maximum absolute atomic E-state index is 13.3. The van der Waals surface area contributed by atoms with Crippen molar-refractivity contribution in [3.8, 4) is 11.1 Å². The van der Waals surface area contributed by atoms with Gasteiger partial charge in [0, 0.05) is 22.5 Å². The lowest BCUT2D eigenvalue weighted by atomic mass is 9.67. The van der Waals surface area contributed by atoms with Gasteiger partial charge in [-0.1, -0.05) is 60.7 Å². The fourth-order valence-corrected chi connectivity index (χ4v) is 2.97. The molecule has 1 heterocycles. The van der Waals surface area contributed by atoms with Crippen LogP contribution in [-0.4, -0.2) is 12.0 Å². The van der Waals surface area contributed by atoms with Crippen LogP contribution < -0.4 is 5.46 Å². The van der Waals surface area contributed by atoms with Crippen LogP contribution in [0.3, 0.4) is 0 Å². The maximum atomic E-state index is 13.3. The normalized spacial score (nSPS) is 11.0. The van der Waals surface area contributed by atoms with E-state index in [0.29, 0.717) is 5.46 Å². The van der Waals surface area contributed by atoms with Gasteiger partial charge >= 0.3 is 6.99 Å². The van der Waals surface area contributed by atoms with Gasteiger partial charge in [-0.25, -0.2) is 0 Å². The third kappa shape index (κ3) is 2.48. The topological polar surface area (TPSA) is 12.9 Å². The minimum Gasteiger partial charge on any atom is -0.330 e. The molecular formula is C20H15BFN. The van der Waals surface area contributed by atoms with E-state index in [1.54, 1.807) is 6.82 Å². The summed E-state index contributed by atoms with van der Waals surface area (Å²) in [7, 11) is 0. The Morgan fingerprint density at radius 1 is 0.826 bits per heavy atom. The summed E-state index contributed by atoms with van der Waals surface area (Å²) in [6, 6.07) is 22.2. The average molecular weight is 299 g/mol. The predicted molar refractivity (Wildman–Crippen MR) is 97.0 cm³/mol. The van der Waals surface area contributed by atoms with Gasteiger partial charge in [0.25, 0.3) is 0 Å². The Bertz CT molecular complexity index is 993. The van der Waals surface area contributed by atoms with Gasteiger partial charge in [-0.05, 0) is 29.3 Å². The molecule has 0 fully saturated rings. The fraction of sp³-hybridized carbons (Fsp3) is 0.0500. The molecule has 0 unspecified atom stereocenters. The number of benzene rings is 3. The Labute approximate surface area is 134 Å². The quantitative estimate of drug-likeness (QED) is 0.381. The van der Waals surface area contributed by atoms with Gasteiger partial charge in [-0.15, -0.1) is 0 Å². The van der Waals surface area contributed by atoms with E-state index in [1.165, 1.54) is 5.39 Å². The second-order valence-corrected chi connectivity index (χ2v) is 5.82. The Balaban J connectivity index is 1.84. The molecule has 0 aliphatic heterocycles. The summed E-state index contributed by atoms with van der Waals surface area (Å²) in [5, 5.41) is 3.48. The lowest BCUT2D eigenvalue weighted by Crippen LogP contribution is -2.20. The molecule has 4 aromatic rings. The first kappa shape index (κ1) is 14.0. The van der Waals surface area contributed by atoms with Gasteiger partial charge in [0.15, 0.2) is 0 Å². The van der Waals surface area contributed by atoms with Crippen molar-refractivity contribution in [2.75, 3.05) is 0 Å². The van der Waals surface area contributed by atoms with E-state index in [9.17, 15) is 4.32 Å². The molecule has 0 N–H and O–H groups in total. The molecule has 0 atom stereocenters. The smallest absolute Gasteiger partial charge is 0.330 e. The number of rotatable bonds is 2. The van der Waals surface area contributed by atoms with E-state index < -0.39 is 6.99 Å². The van der Waals surface area contributed by atoms with E-state index in [4.69, 9.17) is 0 Å². The van der Waals surface area contributed by atoms with Crippen LogP contribution in [0.1, 0.15) is 0 Å². The standard InChI is InChI=1S/C20H15BFN/c1-21(22)18-10-8-14(9-11-18)17-12-16-7-6-15-4-2-3-5-19(15)20(16)23-13-17/h2-13H,1H3. The molecule has 110 valence electrons. The lowest BCUT2D eigenvalue weighted by molar-refractivity contribution is 0.856. The van der Waals surface area contributed by atoms with Crippen molar-refractivity contribution in [3.05, 3.63) is 72.9 Å². The summed E-state index contributed by atoms with van der Waals surface area (Å²) in [6.07, 6.45) is 1.89. The van der Waals surface area contributed by atoms with Gasteiger partial charge in [-0.3, -0.25) is 4.98 Å². The first-order valence-electron chi connectivity index (χ1n) is 7.74. The molecule has 23 heavy (non-hydrogen) atoms. The summed E-state index contributed by atoms with van der Waals surface area (Å²) in [4.78, 5) is 4.67. The van der Waals surface area contributed by atoms with Crippen molar-refractivity contribution in [2.24, 2.45) is 0 Å². The molecule has 0 saturated carbocycles. The Morgan fingerprint density at radius 2 is 1.57 bits per heavy atom. The zero-order valence-electron chi connectivity index (χ0n) is 12.8. The van der Waals surface area contributed by atoms with Crippen LogP contribution >= 0.6 is 0 Å². The fourth-order valence-electron chi connectivity index (χ4n) is 2.97. The first-order chi connectivity index (χ1) is 11.2. The molecule has 1 nitrogen and oxygen atoms in total. The van der Waals surface area contributed by atoms with Crippen LogP contribution in [0, 0.1) is 0 Å².